The van der Waals surface area contributed by atoms with Crippen LogP contribution >= 0.6 is 0 Å². The highest BCUT2D eigenvalue weighted by Crippen LogP contribution is 2.15. The summed E-state index contributed by atoms with van der Waals surface area (Å²) < 4.78 is 27.9. The Labute approximate surface area is 115 Å². The standard InChI is InChI=1S/C12H23N3O3S/c1-3-6-15(7-4-2)19(17,18)12-10-13-14(11-12)8-5-9-16/h10-11,16H,3-9H2,1-2H3. The molecule has 7 heteroatoms. The first-order valence-corrected chi connectivity index (χ1v) is 8.13. The predicted molar refractivity (Wildman–Crippen MR) is 73.3 cm³/mol. The van der Waals surface area contributed by atoms with Gasteiger partial charge in [0.1, 0.15) is 4.90 Å². The van der Waals surface area contributed by atoms with Gasteiger partial charge in [-0.3, -0.25) is 4.68 Å². The first kappa shape index (κ1) is 16.1. The minimum Gasteiger partial charge on any atom is -0.396 e. The number of aromatic nitrogens is 2. The minimum atomic E-state index is -3.44. The second kappa shape index (κ2) is 7.62. The molecule has 0 radical (unpaired) electrons. The van der Waals surface area contributed by atoms with Gasteiger partial charge >= 0.3 is 0 Å². The van der Waals surface area contributed by atoms with Crippen LogP contribution in [0.15, 0.2) is 17.3 Å². The van der Waals surface area contributed by atoms with Crippen molar-refractivity contribution in [2.75, 3.05) is 19.7 Å². The zero-order valence-electron chi connectivity index (χ0n) is 11.6. The summed E-state index contributed by atoms with van der Waals surface area (Å²) in [7, 11) is -3.44. The SMILES string of the molecule is CCCN(CCC)S(=O)(=O)c1cnn(CCCO)c1. The Hall–Kier alpha value is -0.920. The molecule has 1 rings (SSSR count). The summed E-state index contributed by atoms with van der Waals surface area (Å²) in [6.45, 7) is 5.56. The lowest BCUT2D eigenvalue weighted by Gasteiger charge is -2.19. The number of hydrogen-bond donors (Lipinski definition) is 1. The highest BCUT2D eigenvalue weighted by atomic mass is 32.2. The number of sulfonamides is 1. The molecule has 1 aromatic rings. The van der Waals surface area contributed by atoms with Crippen molar-refractivity contribution in [1.29, 1.82) is 0 Å². The molecule has 0 aromatic carbocycles. The monoisotopic (exact) mass is 289 g/mol. The summed E-state index contributed by atoms with van der Waals surface area (Å²) in [6.07, 6.45) is 5.05. The molecule has 0 aliphatic heterocycles. The molecule has 0 saturated carbocycles. The van der Waals surface area contributed by atoms with Crippen LogP contribution < -0.4 is 0 Å². The van der Waals surface area contributed by atoms with E-state index in [1.165, 1.54) is 16.7 Å². The minimum absolute atomic E-state index is 0.0692. The largest absolute Gasteiger partial charge is 0.396 e. The quantitative estimate of drug-likeness (QED) is 0.738. The summed E-state index contributed by atoms with van der Waals surface area (Å²) >= 11 is 0. The average molecular weight is 289 g/mol. The van der Waals surface area contributed by atoms with Gasteiger partial charge in [-0.1, -0.05) is 13.8 Å². The van der Waals surface area contributed by atoms with Gasteiger partial charge < -0.3 is 5.11 Å². The first-order valence-electron chi connectivity index (χ1n) is 6.69. The molecular formula is C12H23N3O3S. The summed E-state index contributed by atoms with van der Waals surface area (Å²) in [6, 6.07) is 0. The lowest BCUT2D eigenvalue weighted by molar-refractivity contribution is 0.277. The fourth-order valence-electron chi connectivity index (χ4n) is 1.83. The molecule has 19 heavy (non-hydrogen) atoms. The zero-order valence-corrected chi connectivity index (χ0v) is 12.4. The molecule has 1 aromatic heterocycles. The maximum atomic E-state index is 12.4. The summed E-state index contributed by atoms with van der Waals surface area (Å²) in [5.41, 5.74) is 0. The topological polar surface area (TPSA) is 75.4 Å². The molecule has 0 bridgehead atoms. The Morgan fingerprint density at radius 3 is 2.47 bits per heavy atom. The van der Waals surface area contributed by atoms with E-state index in [0.717, 1.165) is 12.8 Å². The van der Waals surface area contributed by atoms with Crippen LogP contribution in [0.3, 0.4) is 0 Å². The van der Waals surface area contributed by atoms with Crippen molar-refractivity contribution < 1.29 is 13.5 Å². The number of hydrogen-bond acceptors (Lipinski definition) is 4. The van der Waals surface area contributed by atoms with Gasteiger partial charge in [-0.05, 0) is 19.3 Å². The van der Waals surface area contributed by atoms with Crippen molar-refractivity contribution in [2.45, 2.75) is 44.6 Å². The van der Waals surface area contributed by atoms with E-state index in [1.807, 2.05) is 13.8 Å². The molecule has 0 aliphatic carbocycles. The Morgan fingerprint density at radius 1 is 1.32 bits per heavy atom. The third kappa shape index (κ3) is 4.29. The van der Waals surface area contributed by atoms with Crippen LogP contribution in [0, 0.1) is 0 Å². The van der Waals surface area contributed by atoms with Crippen molar-refractivity contribution in [1.82, 2.24) is 14.1 Å². The van der Waals surface area contributed by atoms with Gasteiger partial charge in [0.25, 0.3) is 0 Å². The molecule has 1 heterocycles. The van der Waals surface area contributed by atoms with Crippen LogP contribution in [0.5, 0.6) is 0 Å². The summed E-state index contributed by atoms with van der Waals surface area (Å²) in [4.78, 5) is 0.229. The van der Waals surface area contributed by atoms with E-state index in [-0.39, 0.29) is 11.5 Å². The number of aliphatic hydroxyl groups excluding tert-OH is 1. The maximum Gasteiger partial charge on any atom is 0.246 e. The van der Waals surface area contributed by atoms with Gasteiger partial charge in [0.2, 0.25) is 10.0 Å². The van der Waals surface area contributed by atoms with Gasteiger partial charge in [-0.25, -0.2) is 8.42 Å². The smallest absolute Gasteiger partial charge is 0.246 e. The van der Waals surface area contributed by atoms with E-state index >= 15 is 0 Å². The van der Waals surface area contributed by atoms with Crippen LogP contribution in [-0.2, 0) is 16.6 Å². The molecule has 0 atom stereocenters. The van der Waals surface area contributed by atoms with Gasteiger partial charge in [0.15, 0.2) is 0 Å². The van der Waals surface area contributed by atoms with Crippen LogP contribution in [0.25, 0.3) is 0 Å². The molecule has 0 saturated heterocycles. The molecular weight excluding hydrogens is 266 g/mol. The summed E-state index contributed by atoms with van der Waals surface area (Å²) in [5.74, 6) is 0. The number of aliphatic hydroxyl groups is 1. The van der Waals surface area contributed by atoms with Crippen LogP contribution in [0.1, 0.15) is 33.1 Å². The molecule has 0 unspecified atom stereocenters. The lowest BCUT2D eigenvalue weighted by atomic mass is 10.4. The second-order valence-electron chi connectivity index (χ2n) is 4.42. The van der Waals surface area contributed by atoms with Gasteiger partial charge in [-0.2, -0.15) is 9.40 Å². The van der Waals surface area contributed by atoms with Crippen LogP contribution in [-0.4, -0.2) is 47.3 Å². The Balaban J connectivity index is 2.88. The van der Waals surface area contributed by atoms with Gasteiger partial charge in [0.05, 0.1) is 6.20 Å². The lowest BCUT2D eigenvalue weighted by Crippen LogP contribution is -2.32. The molecule has 0 fully saturated rings. The Morgan fingerprint density at radius 2 is 1.95 bits per heavy atom. The van der Waals surface area contributed by atoms with Crippen molar-refractivity contribution in [3.63, 3.8) is 0 Å². The molecule has 0 spiro atoms. The number of rotatable bonds is 9. The second-order valence-corrected chi connectivity index (χ2v) is 6.36. The zero-order chi connectivity index (χ0) is 14.3. The van der Waals surface area contributed by atoms with Crippen molar-refractivity contribution in [2.24, 2.45) is 0 Å². The van der Waals surface area contributed by atoms with Crippen molar-refractivity contribution in [3.8, 4) is 0 Å². The van der Waals surface area contributed by atoms with Crippen LogP contribution in [0.4, 0.5) is 0 Å². The van der Waals surface area contributed by atoms with E-state index in [0.29, 0.717) is 26.1 Å². The molecule has 6 nitrogen and oxygen atoms in total. The van der Waals surface area contributed by atoms with Gasteiger partial charge in [-0.15, -0.1) is 0 Å². The number of aryl methyl sites for hydroxylation is 1. The fraction of sp³-hybridized carbons (Fsp3) is 0.750. The molecule has 110 valence electrons. The maximum absolute atomic E-state index is 12.4. The van der Waals surface area contributed by atoms with E-state index in [4.69, 9.17) is 5.11 Å². The predicted octanol–water partition coefficient (Wildman–Crippen LogP) is 1.08. The highest BCUT2D eigenvalue weighted by molar-refractivity contribution is 7.89. The van der Waals surface area contributed by atoms with Crippen molar-refractivity contribution >= 4 is 10.0 Å². The molecule has 0 amide bonds. The average Bonchev–Trinajstić information content (AvgIpc) is 2.85. The third-order valence-corrected chi connectivity index (χ3v) is 4.59. The summed E-state index contributed by atoms with van der Waals surface area (Å²) in [5, 5.41) is 12.8. The first-order chi connectivity index (χ1) is 9.06. The fourth-order valence-corrected chi connectivity index (χ4v) is 3.41. The van der Waals surface area contributed by atoms with Crippen molar-refractivity contribution in [3.05, 3.63) is 12.4 Å². The molecule has 0 aliphatic rings. The van der Waals surface area contributed by atoms with Crippen LogP contribution in [0.2, 0.25) is 0 Å². The number of nitrogens with zero attached hydrogens (tertiary/aromatic N) is 3. The van der Waals surface area contributed by atoms with E-state index in [1.54, 1.807) is 4.68 Å². The van der Waals surface area contributed by atoms with E-state index in [2.05, 4.69) is 5.10 Å². The third-order valence-electron chi connectivity index (χ3n) is 2.74. The van der Waals surface area contributed by atoms with E-state index in [9.17, 15) is 8.42 Å². The van der Waals surface area contributed by atoms with Gasteiger partial charge in [0, 0.05) is 32.4 Å². The Bertz CT molecular complexity index is 464. The van der Waals surface area contributed by atoms with E-state index < -0.39 is 10.0 Å². The normalized spacial score (nSPS) is 12.2. The Kier molecular flexibility index (Phi) is 6.47. The molecule has 1 N–H and O–H groups in total. The highest BCUT2D eigenvalue weighted by Gasteiger charge is 2.24.